The summed E-state index contributed by atoms with van der Waals surface area (Å²) in [5.74, 6) is -0.836. The quantitative estimate of drug-likeness (QED) is 0.797. The molecule has 0 aromatic heterocycles. The molecule has 2 aromatic carbocycles. The van der Waals surface area contributed by atoms with Crippen LogP contribution in [0.4, 0.5) is 0 Å². The predicted molar refractivity (Wildman–Crippen MR) is 81.3 cm³/mol. The number of carbonyl (C=O) groups excluding carboxylic acids is 2. The van der Waals surface area contributed by atoms with Crippen molar-refractivity contribution in [1.29, 1.82) is 0 Å². The molecule has 22 heavy (non-hydrogen) atoms. The zero-order valence-corrected chi connectivity index (χ0v) is 12.1. The molecular formula is C18H17NO3. The summed E-state index contributed by atoms with van der Waals surface area (Å²) in [4.78, 5) is 29.7. The number of hydrogen-bond acceptors (Lipinski definition) is 3. The Labute approximate surface area is 129 Å². The van der Waals surface area contributed by atoms with Crippen molar-refractivity contribution < 1.29 is 14.4 Å². The molecule has 0 N–H and O–H groups in total. The maximum Gasteiger partial charge on any atom is 0.257 e. The van der Waals surface area contributed by atoms with Gasteiger partial charge >= 0.3 is 0 Å². The lowest BCUT2D eigenvalue weighted by molar-refractivity contribution is -0.192. The molecule has 0 aliphatic carbocycles. The summed E-state index contributed by atoms with van der Waals surface area (Å²) in [6.07, 6.45) is 0.777. The smallest absolute Gasteiger partial charge is 0.257 e. The third-order valence-electron chi connectivity index (χ3n) is 3.73. The molecule has 1 unspecified atom stereocenters. The molecule has 112 valence electrons. The predicted octanol–water partition coefficient (Wildman–Crippen LogP) is 2.74. The molecule has 3 rings (SSSR count). The number of hydroxylamine groups is 2. The summed E-state index contributed by atoms with van der Waals surface area (Å²) >= 11 is 0. The first kappa shape index (κ1) is 14.5. The summed E-state index contributed by atoms with van der Waals surface area (Å²) in [6, 6.07) is 19.2. The van der Waals surface area contributed by atoms with E-state index < -0.39 is 0 Å². The fourth-order valence-corrected chi connectivity index (χ4v) is 2.58. The van der Waals surface area contributed by atoms with Gasteiger partial charge in [-0.15, -0.1) is 0 Å². The average molecular weight is 295 g/mol. The number of imide groups is 1. The van der Waals surface area contributed by atoms with Crippen molar-refractivity contribution in [3.63, 3.8) is 0 Å². The Morgan fingerprint density at radius 1 is 0.909 bits per heavy atom. The van der Waals surface area contributed by atoms with Gasteiger partial charge in [0.15, 0.2) is 0 Å². The summed E-state index contributed by atoms with van der Waals surface area (Å²) in [7, 11) is 0. The molecule has 2 amide bonds. The minimum Gasteiger partial charge on any atom is -0.272 e. The van der Waals surface area contributed by atoms with Gasteiger partial charge in [-0.25, -0.2) is 0 Å². The Kier molecular flexibility index (Phi) is 4.30. The molecule has 0 bridgehead atoms. The Hall–Kier alpha value is -2.46. The van der Waals surface area contributed by atoms with Crippen LogP contribution in [-0.4, -0.2) is 16.9 Å². The molecule has 4 nitrogen and oxygen atoms in total. The number of carbonyl (C=O) groups is 2. The minimum absolute atomic E-state index is 0.211. The molecule has 1 atom stereocenters. The molecular weight excluding hydrogens is 278 g/mol. The number of rotatable bonds is 5. The van der Waals surface area contributed by atoms with Crippen LogP contribution in [0.2, 0.25) is 0 Å². The monoisotopic (exact) mass is 295 g/mol. The van der Waals surface area contributed by atoms with Gasteiger partial charge < -0.3 is 0 Å². The van der Waals surface area contributed by atoms with Crippen LogP contribution in [0, 0.1) is 5.92 Å². The standard InChI is InChI=1S/C18H17NO3/c20-17-12-16(11-14-7-3-1-4-8-14)18(21)19(17)22-13-15-9-5-2-6-10-15/h1-10,16H,11-13H2. The van der Waals surface area contributed by atoms with Crippen molar-refractivity contribution in [1.82, 2.24) is 5.06 Å². The number of nitrogens with zero attached hydrogens (tertiary/aromatic N) is 1. The highest BCUT2D eigenvalue weighted by atomic mass is 16.7. The van der Waals surface area contributed by atoms with Crippen molar-refractivity contribution >= 4 is 11.8 Å². The van der Waals surface area contributed by atoms with Crippen LogP contribution in [0.15, 0.2) is 60.7 Å². The van der Waals surface area contributed by atoms with E-state index in [4.69, 9.17) is 4.84 Å². The Morgan fingerprint density at radius 2 is 1.50 bits per heavy atom. The van der Waals surface area contributed by atoms with Crippen molar-refractivity contribution in [2.75, 3.05) is 0 Å². The number of hydrogen-bond donors (Lipinski definition) is 0. The molecule has 1 heterocycles. The fraction of sp³-hybridized carbons (Fsp3) is 0.222. The Morgan fingerprint density at radius 3 is 2.14 bits per heavy atom. The minimum atomic E-state index is -0.328. The van der Waals surface area contributed by atoms with Crippen LogP contribution in [0.1, 0.15) is 17.5 Å². The zero-order chi connectivity index (χ0) is 15.4. The SMILES string of the molecule is O=C1CC(Cc2ccccc2)C(=O)N1OCc1ccccc1. The van der Waals surface area contributed by atoms with Crippen LogP contribution in [0.25, 0.3) is 0 Å². The molecule has 1 aliphatic heterocycles. The highest BCUT2D eigenvalue weighted by Gasteiger charge is 2.39. The van der Waals surface area contributed by atoms with E-state index in [0.717, 1.165) is 16.2 Å². The second kappa shape index (κ2) is 6.54. The van der Waals surface area contributed by atoms with Gasteiger partial charge in [0.25, 0.3) is 11.8 Å². The van der Waals surface area contributed by atoms with Gasteiger partial charge in [0.1, 0.15) is 6.61 Å². The maximum absolute atomic E-state index is 12.3. The van der Waals surface area contributed by atoms with Crippen molar-refractivity contribution in [3.8, 4) is 0 Å². The lowest BCUT2D eigenvalue weighted by Gasteiger charge is -2.14. The van der Waals surface area contributed by atoms with E-state index in [1.807, 2.05) is 60.7 Å². The summed E-state index contributed by atoms with van der Waals surface area (Å²) in [5, 5.41) is 0.931. The zero-order valence-electron chi connectivity index (χ0n) is 12.1. The average Bonchev–Trinajstić information content (AvgIpc) is 2.81. The first-order chi connectivity index (χ1) is 10.7. The highest BCUT2D eigenvalue weighted by molar-refractivity contribution is 6.02. The van der Waals surface area contributed by atoms with Gasteiger partial charge in [-0.3, -0.25) is 14.4 Å². The summed E-state index contributed by atoms with van der Waals surface area (Å²) in [6.45, 7) is 0.219. The van der Waals surface area contributed by atoms with Gasteiger partial charge in [0.2, 0.25) is 0 Å². The third-order valence-corrected chi connectivity index (χ3v) is 3.73. The summed E-state index contributed by atoms with van der Waals surface area (Å²) in [5.41, 5.74) is 1.98. The molecule has 0 spiro atoms. The van der Waals surface area contributed by atoms with Gasteiger partial charge in [0, 0.05) is 6.42 Å². The van der Waals surface area contributed by atoms with E-state index >= 15 is 0 Å². The summed E-state index contributed by atoms with van der Waals surface area (Å²) < 4.78 is 0. The van der Waals surface area contributed by atoms with Crippen molar-refractivity contribution in [3.05, 3.63) is 71.8 Å². The van der Waals surface area contributed by atoms with Crippen LogP contribution in [0.3, 0.4) is 0 Å². The second-order valence-electron chi connectivity index (χ2n) is 5.38. The Balaban J connectivity index is 1.62. The molecule has 4 heteroatoms. The normalized spacial score (nSPS) is 18.0. The third kappa shape index (κ3) is 3.23. The second-order valence-corrected chi connectivity index (χ2v) is 5.38. The highest BCUT2D eigenvalue weighted by Crippen LogP contribution is 2.24. The lowest BCUT2D eigenvalue weighted by Crippen LogP contribution is -2.31. The number of benzene rings is 2. The topological polar surface area (TPSA) is 46.6 Å². The molecule has 0 radical (unpaired) electrons. The molecule has 1 saturated heterocycles. The van der Waals surface area contributed by atoms with Crippen molar-refractivity contribution in [2.45, 2.75) is 19.4 Å². The van der Waals surface area contributed by atoms with Crippen LogP contribution >= 0.6 is 0 Å². The maximum atomic E-state index is 12.3. The van der Waals surface area contributed by atoms with E-state index in [2.05, 4.69) is 0 Å². The molecule has 2 aromatic rings. The molecule has 0 saturated carbocycles. The van der Waals surface area contributed by atoms with E-state index in [-0.39, 0.29) is 30.8 Å². The number of amides is 2. The Bertz CT molecular complexity index is 655. The molecule has 1 fully saturated rings. The first-order valence-electron chi connectivity index (χ1n) is 7.31. The lowest BCUT2D eigenvalue weighted by atomic mass is 9.98. The first-order valence-corrected chi connectivity index (χ1v) is 7.31. The van der Waals surface area contributed by atoms with E-state index in [9.17, 15) is 9.59 Å². The van der Waals surface area contributed by atoms with Crippen LogP contribution < -0.4 is 0 Å². The van der Waals surface area contributed by atoms with E-state index in [1.165, 1.54) is 0 Å². The van der Waals surface area contributed by atoms with Gasteiger partial charge in [-0.05, 0) is 17.5 Å². The fourth-order valence-electron chi connectivity index (χ4n) is 2.58. The largest absolute Gasteiger partial charge is 0.272 e. The van der Waals surface area contributed by atoms with E-state index in [1.54, 1.807) is 0 Å². The van der Waals surface area contributed by atoms with Gasteiger partial charge in [-0.1, -0.05) is 60.7 Å². The van der Waals surface area contributed by atoms with Gasteiger partial charge in [-0.2, -0.15) is 5.06 Å². The van der Waals surface area contributed by atoms with Crippen LogP contribution in [0.5, 0.6) is 0 Å². The van der Waals surface area contributed by atoms with Crippen molar-refractivity contribution in [2.24, 2.45) is 5.92 Å². The molecule has 1 aliphatic rings. The van der Waals surface area contributed by atoms with Crippen LogP contribution in [-0.2, 0) is 27.5 Å². The van der Waals surface area contributed by atoms with E-state index in [0.29, 0.717) is 6.42 Å². The van der Waals surface area contributed by atoms with Gasteiger partial charge in [0.05, 0.1) is 5.92 Å².